The minimum Gasteiger partial charge on any atom is -0.381 e. The maximum atomic E-state index is 11.7. The molecule has 2 heteroatoms. The summed E-state index contributed by atoms with van der Waals surface area (Å²) in [4.78, 5) is 11.7. The summed E-state index contributed by atoms with van der Waals surface area (Å²) in [5.41, 5.74) is 1.96. The van der Waals surface area contributed by atoms with Crippen molar-refractivity contribution in [3.8, 4) is 0 Å². The van der Waals surface area contributed by atoms with Gasteiger partial charge in [-0.3, -0.25) is 4.79 Å². The highest BCUT2D eigenvalue weighted by Crippen LogP contribution is 2.63. The summed E-state index contributed by atoms with van der Waals surface area (Å²) in [6, 6.07) is 0. The van der Waals surface area contributed by atoms with Gasteiger partial charge in [0.1, 0.15) is 0 Å². The predicted octanol–water partition coefficient (Wildman–Crippen LogP) is 4.53. The minimum atomic E-state index is 0.378. The van der Waals surface area contributed by atoms with E-state index in [1.54, 1.807) is 0 Å². The lowest BCUT2D eigenvalue weighted by atomic mass is 9.51. The van der Waals surface area contributed by atoms with E-state index in [2.05, 4.69) is 6.92 Å². The number of rotatable bonds is 2. The molecule has 0 aromatic heterocycles. The third kappa shape index (κ3) is 1.99. The molecule has 0 bridgehead atoms. The maximum absolute atomic E-state index is 11.7. The van der Waals surface area contributed by atoms with Crippen molar-refractivity contribution in [3.05, 3.63) is 11.6 Å². The molecule has 0 heterocycles. The van der Waals surface area contributed by atoms with Gasteiger partial charge in [0.25, 0.3) is 0 Å². The number of carbonyl (C=O) groups excluding carboxylic acids is 1. The summed E-state index contributed by atoms with van der Waals surface area (Å²) >= 11 is 0. The molecule has 3 fully saturated rings. The van der Waals surface area contributed by atoms with Gasteiger partial charge in [-0.25, -0.2) is 0 Å². The van der Waals surface area contributed by atoms with E-state index in [-0.39, 0.29) is 0 Å². The second kappa shape index (κ2) is 5.47. The van der Waals surface area contributed by atoms with Gasteiger partial charge < -0.3 is 4.74 Å². The number of fused-ring (bicyclic) bond motifs is 5. The fraction of sp³-hybridized carbons (Fsp3) is 0.850. The van der Waals surface area contributed by atoms with Crippen molar-refractivity contribution in [3.63, 3.8) is 0 Å². The largest absolute Gasteiger partial charge is 0.381 e. The molecule has 6 atom stereocenters. The predicted molar refractivity (Wildman–Crippen MR) is 87.5 cm³/mol. The van der Waals surface area contributed by atoms with Gasteiger partial charge >= 0.3 is 0 Å². The highest BCUT2D eigenvalue weighted by Gasteiger charge is 2.57. The van der Waals surface area contributed by atoms with Crippen molar-refractivity contribution in [1.29, 1.82) is 0 Å². The molecule has 0 saturated heterocycles. The van der Waals surface area contributed by atoms with Crippen molar-refractivity contribution < 1.29 is 9.53 Å². The van der Waals surface area contributed by atoms with Gasteiger partial charge in [-0.05, 0) is 86.5 Å². The third-order valence-corrected chi connectivity index (χ3v) is 7.88. The van der Waals surface area contributed by atoms with Gasteiger partial charge in [-0.1, -0.05) is 12.5 Å². The fourth-order valence-corrected chi connectivity index (χ4v) is 6.96. The van der Waals surface area contributed by atoms with Gasteiger partial charge in [0.2, 0.25) is 0 Å². The molecular formula is C20H30O2. The summed E-state index contributed by atoms with van der Waals surface area (Å²) in [7, 11) is 1.92. The van der Waals surface area contributed by atoms with Crippen molar-refractivity contribution >= 4 is 5.78 Å². The van der Waals surface area contributed by atoms with E-state index in [9.17, 15) is 4.79 Å². The van der Waals surface area contributed by atoms with E-state index in [1.807, 2.05) is 13.2 Å². The quantitative estimate of drug-likeness (QED) is 0.749. The SMILES string of the molecule is CC[C@]12CC[C@H]3[C@@H](CCC4=CC(=O)CC[C@@H]43)[C@@H]1CC[C@@H]2OC. The molecule has 0 aromatic carbocycles. The van der Waals surface area contributed by atoms with Crippen LogP contribution in [-0.2, 0) is 9.53 Å². The highest BCUT2D eigenvalue weighted by atomic mass is 16.5. The average Bonchev–Trinajstić information content (AvgIpc) is 2.93. The number of ether oxygens (including phenoxy) is 1. The van der Waals surface area contributed by atoms with Crippen LogP contribution in [0, 0.1) is 29.1 Å². The molecule has 0 aliphatic heterocycles. The van der Waals surface area contributed by atoms with Gasteiger partial charge in [0.15, 0.2) is 5.78 Å². The summed E-state index contributed by atoms with van der Waals surface area (Å²) in [5.74, 6) is 3.73. The summed E-state index contributed by atoms with van der Waals surface area (Å²) in [5, 5.41) is 0. The molecule has 0 spiro atoms. The van der Waals surface area contributed by atoms with Crippen molar-refractivity contribution in [2.45, 2.75) is 70.8 Å². The molecule has 122 valence electrons. The molecular weight excluding hydrogens is 272 g/mol. The number of methoxy groups -OCH3 is 1. The van der Waals surface area contributed by atoms with Crippen LogP contribution in [0.3, 0.4) is 0 Å². The van der Waals surface area contributed by atoms with Gasteiger partial charge in [0.05, 0.1) is 6.10 Å². The van der Waals surface area contributed by atoms with Gasteiger partial charge in [-0.2, -0.15) is 0 Å². The molecule has 0 N–H and O–H groups in total. The van der Waals surface area contributed by atoms with Crippen LogP contribution in [0.2, 0.25) is 0 Å². The van der Waals surface area contributed by atoms with Gasteiger partial charge in [0, 0.05) is 13.5 Å². The number of hydrogen-bond donors (Lipinski definition) is 0. The van der Waals surface area contributed by atoms with Crippen molar-refractivity contribution in [1.82, 2.24) is 0 Å². The Hall–Kier alpha value is -0.630. The Morgan fingerprint density at radius 1 is 1.14 bits per heavy atom. The molecule has 2 nitrogen and oxygen atoms in total. The lowest BCUT2D eigenvalue weighted by molar-refractivity contribution is -0.116. The van der Waals surface area contributed by atoms with Crippen molar-refractivity contribution in [2.24, 2.45) is 29.1 Å². The second-order valence-electron chi connectivity index (χ2n) is 8.23. The van der Waals surface area contributed by atoms with Crippen LogP contribution >= 0.6 is 0 Å². The van der Waals surface area contributed by atoms with Gasteiger partial charge in [-0.15, -0.1) is 0 Å². The Labute approximate surface area is 134 Å². The van der Waals surface area contributed by atoms with Crippen LogP contribution in [0.4, 0.5) is 0 Å². The normalized spacial score (nSPS) is 47.5. The van der Waals surface area contributed by atoms with E-state index in [4.69, 9.17) is 4.74 Å². The van der Waals surface area contributed by atoms with Crippen LogP contribution in [0.25, 0.3) is 0 Å². The molecule has 0 aromatic rings. The van der Waals surface area contributed by atoms with E-state index >= 15 is 0 Å². The maximum Gasteiger partial charge on any atom is 0.155 e. The average molecular weight is 302 g/mol. The zero-order valence-electron chi connectivity index (χ0n) is 14.1. The van der Waals surface area contributed by atoms with Crippen LogP contribution < -0.4 is 0 Å². The molecule has 0 radical (unpaired) electrons. The Morgan fingerprint density at radius 2 is 2.00 bits per heavy atom. The highest BCUT2D eigenvalue weighted by molar-refractivity contribution is 5.91. The molecule has 4 rings (SSSR count). The first-order valence-corrected chi connectivity index (χ1v) is 9.45. The third-order valence-electron chi connectivity index (χ3n) is 7.88. The zero-order chi connectivity index (χ0) is 15.3. The standard InChI is InChI=1S/C20H30O2/c1-3-20-11-10-16-15-7-5-14(21)12-13(15)4-6-17(16)18(20)8-9-19(20)22-2/h12,15-19H,3-11H2,1-2H3/t15-,16+,17+,18-,19-,20-/m0/s1. The molecule has 0 unspecified atom stereocenters. The lowest BCUT2D eigenvalue weighted by Gasteiger charge is -2.54. The lowest BCUT2D eigenvalue weighted by Crippen LogP contribution is -2.49. The number of hydrogen-bond acceptors (Lipinski definition) is 2. The van der Waals surface area contributed by atoms with Crippen LogP contribution in [0.5, 0.6) is 0 Å². The minimum absolute atomic E-state index is 0.378. The Kier molecular flexibility index (Phi) is 3.71. The Balaban J connectivity index is 1.62. The first kappa shape index (κ1) is 14.9. The number of ketones is 1. The summed E-state index contributed by atoms with van der Waals surface area (Å²) < 4.78 is 5.92. The van der Waals surface area contributed by atoms with E-state index in [1.165, 1.54) is 50.5 Å². The van der Waals surface area contributed by atoms with Crippen molar-refractivity contribution in [2.75, 3.05) is 7.11 Å². The summed E-state index contributed by atoms with van der Waals surface area (Å²) in [6.45, 7) is 2.39. The van der Waals surface area contributed by atoms with E-state index < -0.39 is 0 Å². The summed E-state index contributed by atoms with van der Waals surface area (Å²) in [6.07, 6.45) is 13.6. The first-order chi connectivity index (χ1) is 10.7. The van der Waals surface area contributed by atoms with Crippen LogP contribution in [-0.4, -0.2) is 19.0 Å². The zero-order valence-corrected chi connectivity index (χ0v) is 14.1. The second-order valence-corrected chi connectivity index (χ2v) is 8.23. The number of carbonyl (C=O) groups is 1. The monoisotopic (exact) mass is 302 g/mol. The Morgan fingerprint density at radius 3 is 2.77 bits per heavy atom. The Bertz CT molecular complexity index is 494. The first-order valence-electron chi connectivity index (χ1n) is 9.45. The molecule has 3 saturated carbocycles. The van der Waals surface area contributed by atoms with E-state index in [0.717, 1.165) is 36.5 Å². The number of allylic oxidation sites excluding steroid dienone is 1. The molecule has 4 aliphatic rings. The van der Waals surface area contributed by atoms with E-state index in [0.29, 0.717) is 17.3 Å². The molecule has 22 heavy (non-hydrogen) atoms. The molecule has 4 aliphatic carbocycles. The topological polar surface area (TPSA) is 26.3 Å². The molecule has 0 amide bonds. The smallest absolute Gasteiger partial charge is 0.155 e. The fourth-order valence-electron chi connectivity index (χ4n) is 6.96. The van der Waals surface area contributed by atoms with Crippen LogP contribution in [0.1, 0.15) is 64.7 Å². The van der Waals surface area contributed by atoms with Crippen LogP contribution in [0.15, 0.2) is 11.6 Å².